The lowest BCUT2D eigenvalue weighted by molar-refractivity contribution is 0.0498. The van der Waals surface area contributed by atoms with Gasteiger partial charge in [-0.2, -0.15) is 0 Å². The molecule has 1 amide bonds. The molecule has 0 saturated heterocycles. The molecule has 0 saturated carbocycles. The van der Waals surface area contributed by atoms with E-state index in [-0.39, 0.29) is 5.91 Å². The summed E-state index contributed by atoms with van der Waals surface area (Å²) in [6.45, 7) is 3.84. The number of hydrogen-bond donors (Lipinski definition) is 1. The van der Waals surface area contributed by atoms with Gasteiger partial charge in [-0.3, -0.25) is 4.79 Å². The van der Waals surface area contributed by atoms with Gasteiger partial charge in [0.2, 0.25) is 0 Å². The minimum absolute atomic E-state index is 0.0156. The number of amides is 1. The third-order valence-electron chi connectivity index (χ3n) is 6.17. The van der Waals surface area contributed by atoms with Crippen LogP contribution in [0.2, 0.25) is 0 Å². The molecule has 5 nitrogen and oxygen atoms in total. The molecule has 0 fully saturated rings. The predicted molar refractivity (Wildman–Crippen MR) is 132 cm³/mol. The number of para-hydroxylation sites is 2. The van der Waals surface area contributed by atoms with Crippen LogP contribution < -0.4 is 10.1 Å². The van der Waals surface area contributed by atoms with Crippen LogP contribution in [-0.2, 0) is 16.8 Å². The second-order valence-electron chi connectivity index (χ2n) is 8.48. The van der Waals surface area contributed by atoms with E-state index in [2.05, 4.69) is 36.5 Å². The Hall–Kier alpha value is -3.31. The average Bonchev–Trinajstić information content (AvgIpc) is 2.85. The van der Waals surface area contributed by atoms with E-state index in [1.54, 1.807) is 7.11 Å². The molecule has 33 heavy (non-hydrogen) atoms. The molecule has 3 aromatic rings. The third-order valence-corrected chi connectivity index (χ3v) is 6.17. The van der Waals surface area contributed by atoms with Crippen molar-refractivity contribution in [3.63, 3.8) is 0 Å². The molecule has 1 aliphatic rings. The number of aryl methyl sites for hydroxylation is 1. The number of hydrogen-bond acceptors (Lipinski definition) is 4. The van der Waals surface area contributed by atoms with E-state index in [1.807, 2.05) is 59.5 Å². The maximum absolute atomic E-state index is 13.5. The molecule has 1 heterocycles. The second kappa shape index (κ2) is 10.5. The minimum atomic E-state index is -0.741. The van der Waals surface area contributed by atoms with Crippen molar-refractivity contribution < 1.29 is 14.3 Å². The summed E-state index contributed by atoms with van der Waals surface area (Å²) in [7, 11) is 1.68. The van der Waals surface area contributed by atoms with Gasteiger partial charge in [-0.15, -0.1) is 0 Å². The predicted octanol–water partition coefficient (Wildman–Crippen LogP) is 5.48. The number of anilines is 1. The first-order valence-corrected chi connectivity index (χ1v) is 11.6. The summed E-state index contributed by atoms with van der Waals surface area (Å²) in [6, 6.07) is 26.1. The highest BCUT2D eigenvalue weighted by molar-refractivity contribution is 6.02. The number of nitrogens with one attached hydrogen (secondary N) is 1. The first-order valence-electron chi connectivity index (χ1n) is 11.6. The number of fused-ring (bicyclic) bond motifs is 1. The van der Waals surface area contributed by atoms with Crippen LogP contribution in [0.1, 0.15) is 41.3 Å². The van der Waals surface area contributed by atoms with Crippen molar-refractivity contribution in [1.29, 1.82) is 0 Å². The fraction of sp³-hybridized carbons (Fsp3) is 0.321. The van der Waals surface area contributed by atoms with Gasteiger partial charge in [-0.1, -0.05) is 60.7 Å². The van der Waals surface area contributed by atoms with Crippen LogP contribution in [0, 0.1) is 0 Å². The lowest BCUT2D eigenvalue weighted by atomic mass is 9.92. The van der Waals surface area contributed by atoms with Gasteiger partial charge in [0.05, 0.1) is 12.2 Å². The first kappa shape index (κ1) is 22.9. The van der Waals surface area contributed by atoms with Gasteiger partial charge in [0.15, 0.2) is 0 Å². The summed E-state index contributed by atoms with van der Waals surface area (Å²) in [5, 5.41) is 3.64. The molecule has 3 aromatic carbocycles. The number of ether oxygens (including phenoxy) is 2. The Labute approximate surface area is 196 Å². The topological polar surface area (TPSA) is 50.8 Å². The van der Waals surface area contributed by atoms with Crippen LogP contribution in [0.25, 0.3) is 0 Å². The van der Waals surface area contributed by atoms with E-state index < -0.39 is 5.66 Å². The Balaban J connectivity index is 1.58. The van der Waals surface area contributed by atoms with Crippen molar-refractivity contribution in [1.82, 2.24) is 4.90 Å². The number of benzene rings is 3. The molecule has 1 unspecified atom stereocenters. The molecule has 172 valence electrons. The zero-order chi connectivity index (χ0) is 23.1. The van der Waals surface area contributed by atoms with Gasteiger partial charge in [-0.25, -0.2) is 0 Å². The molecule has 1 N–H and O–H groups in total. The zero-order valence-corrected chi connectivity index (χ0v) is 19.4. The van der Waals surface area contributed by atoms with Gasteiger partial charge in [-0.05, 0) is 49.9 Å². The third kappa shape index (κ3) is 5.04. The smallest absolute Gasteiger partial charge is 0.258 e. The molecule has 0 radical (unpaired) electrons. The Kier molecular flexibility index (Phi) is 7.30. The van der Waals surface area contributed by atoms with Crippen LogP contribution in [0.4, 0.5) is 5.69 Å². The Morgan fingerprint density at radius 1 is 0.879 bits per heavy atom. The molecule has 0 aliphatic carbocycles. The molecular formula is C28H32N2O3. The summed E-state index contributed by atoms with van der Waals surface area (Å²) in [6.07, 6.45) is 2.64. The maximum atomic E-state index is 13.5. The van der Waals surface area contributed by atoms with Crippen LogP contribution in [0.5, 0.6) is 5.75 Å². The molecule has 5 heteroatoms. The summed E-state index contributed by atoms with van der Waals surface area (Å²) in [5.74, 6) is 0.811. The second-order valence-corrected chi connectivity index (χ2v) is 8.48. The van der Waals surface area contributed by atoms with Crippen molar-refractivity contribution in [2.45, 2.75) is 31.8 Å². The molecule has 1 atom stereocenters. The van der Waals surface area contributed by atoms with Crippen molar-refractivity contribution in [2.75, 3.05) is 32.2 Å². The largest absolute Gasteiger partial charge is 0.493 e. The van der Waals surface area contributed by atoms with Crippen LogP contribution in [0.3, 0.4) is 0 Å². The van der Waals surface area contributed by atoms with Gasteiger partial charge in [0.25, 0.3) is 5.91 Å². The van der Waals surface area contributed by atoms with E-state index in [1.165, 1.54) is 5.56 Å². The van der Waals surface area contributed by atoms with Crippen molar-refractivity contribution in [3.8, 4) is 5.75 Å². The normalized spacial score (nSPS) is 17.4. The standard InChI is InChI=1S/C28H32N2O3/c1-28(29-25-17-8-6-15-23(25)27(31)30(28)19-11-20-32-2)24-16-7-9-18-26(24)33-21-10-14-22-12-4-3-5-13-22/h3-9,12-13,15-18,29H,10-11,14,19-21H2,1-2H3. The molecular weight excluding hydrogens is 412 g/mol. The number of carbonyl (C=O) groups is 1. The molecule has 0 bridgehead atoms. The minimum Gasteiger partial charge on any atom is -0.493 e. The molecule has 0 aromatic heterocycles. The average molecular weight is 445 g/mol. The van der Waals surface area contributed by atoms with Gasteiger partial charge < -0.3 is 19.7 Å². The summed E-state index contributed by atoms with van der Waals surface area (Å²) < 4.78 is 11.5. The van der Waals surface area contributed by atoms with Gasteiger partial charge in [0.1, 0.15) is 11.4 Å². The monoisotopic (exact) mass is 444 g/mol. The van der Waals surface area contributed by atoms with E-state index in [9.17, 15) is 4.79 Å². The summed E-state index contributed by atoms with van der Waals surface area (Å²) in [4.78, 5) is 15.4. The fourth-order valence-corrected chi connectivity index (χ4v) is 4.46. The van der Waals surface area contributed by atoms with Crippen molar-refractivity contribution in [2.24, 2.45) is 0 Å². The summed E-state index contributed by atoms with van der Waals surface area (Å²) >= 11 is 0. The molecule has 4 rings (SSSR count). The quantitative estimate of drug-likeness (QED) is 0.421. The number of methoxy groups -OCH3 is 1. The van der Waals surface area contributed by atoms with Crippen molar-refractivity contribution >= 4 is 11.6 Å². The number of nitrogens with zero attached hydrogens (tertiary/aromatic N) is 1. The van der Waals surface area contributed by atoms with Crippen molar-refractivity contribution in [3.05, 3.63) is 95.6 Å². The lowest BCUT2D eigenvalue weighted by Gasteiger charge is -2.47. The molecule has 0 spiro atoms. The van der Waals surface area contributed by atoms with Crippen LogP contribution >= 0.6 is 0 Å². The maximum Gasteiger partial charge on any atom is 0.258 e. The highest BCUT2D eigenvalue weighted by atomic mass is 16.5. The highest BCUT2D eigenvalue weighted by Crippen LogP contribution is 2.41. The highest BCUT2D eigenvalue weighted by Gasteiger charge is 2.43. The van der Waals surface area contributed by atoms with Crippen LogP contribution in [0.15, 0.2) is 78.9 Å². The Morgan fingerprint density at radius 3 is 2.42 bits per heavy atom. The van der Waals surface area contributed by atoms with E-state index >= 15 is 0 Å². The van der Waals surface area contributed by atoms with E-state index in [0.717, 1.165) is 36.3 Å². The van der Waals surface area contributed by atoms with Gasteiger partial charge >= 0.3 is 0 Å². The zero-order valence-electron chi connectivity index (χ0n) is 19.4. The number of carbonyl (C=O) groups excluding carboxylic acids is 1. The SMILES string of the molecule is COCCCN1C(=O)c2ccccc2NC1(C)c1ccccc1OCCCc1ccccc1. The Morgan fingerprint density at radius 2 is 1.61 bits per heavy atom. The van der Waals surface area contributed by atoms with E-state index in [0.29, 0.717) is 25.3 Å². The number of rotatable bonds is 10. The van der Waals surface area contributed by atoms with E-state index in [4.69, 9.17) is 9.47 Å². The molecule has 1 aliphatic heterocycles. The Bertz CT molecular complexity index is 1070. The lowest BCUT2D eigenvalue weighted by Crippen LogP contribution is -2.56. The fourth-order valence-electron chi connectivity index (χ4n) is 4.46. The van der Waals surface area contributed by atoms with Gasteiger partial charge in [0, 0.05) is 31.5 Å². The van der Waals surface area contributed by atoms with Crippen LogP contribution in [-0.4, -0.2) is 37.7 Å². The summed E-state index contributed by atoms with van der Waals surface area (Å²) in [5.41, 5.74) is 3.04. The first-order chi connectivity index (χ1) is 16.1.